The Kier molecular flexibility index (Phi) is 6.49. The van der Waals surface area contributed by atoms with Crippen LogP contribution in [0.25, 0.3) is 6.08 Å². The quantitative estimate of drug-likeness (QED) is 0.546. The van der Waals surface area contributed by atoms with Gasteiger partial charge in [-0.3, -0.25) is 14.5 Å². The number of aryl methyl sites for hydroxylation is 1. The van der Waals surface area contributed by atoms with E-state index in [0.29, 0.717) is 28.6 Å². The number of hydrogen-bond donors (Lipinski definition) is 2. The molecule has 0 aromatic heterocycles. The molecule has 0 bridgehead atoms. The Balaban J connectivity index is 1.54. The number of amides is 2. The molecule has 0 unspecified atom stereocenters. The molecule has 1 fully saturated rings. The molecule has 0 radical (unpaired) electrons. The third kappa shape index (κ3) is 5.21. The van der Waals surface area contributed by atoms with Crippen LogP contribution >= 0.6 is 24.0 Å². The highest BCUT2D eigenvalue weighted by Gasteiger charge is 2.31. The molecule has 1 aliphatic heterocycles. The third-order valence-corrected chi connectivity index (χ3v) is 5.51. The average Bonchev–Trinajstić information content (AvgIpc) is 2.89. The van der Waals surface area contributed by atoms with Crippen molar-refractivity contribution in [3.8, 4) is 5.75 Å². The molecule has 144 valence electrons. The lowest BCUT2D eigenvalue weighted by atomic mass is 10.2. The second-order valence-corrected chi connectivity index (χ2v) is 8.13. The zero-order valence-corrected chi connectivity index (χ0v) is 17.0. The molecule has 0 atom stereocenters. The van der Waals surface area contributed by atoms with Crippen molar-refractivity contribution in [1.29, 1.82) is 0 Å². The molecule has 1 heterocycles. The third-order valence-electron chi connectivity index (χ3n) is 4.13. The smallest absolute Gasteiger partial charge is 0.266 e. The van der Waals surface area contributed by atoms with Crippen LogP contribution in [0.5, 0.6) is 5.75 Å². The molecule has 2 N–H and O–H groups in total. The molecule has 1 aliphatic rings. The van der Waals surface area contributed by atoms with Crippen molar-refractivity contribution < 1.29 is 14.7 Å². The van der Waals surface area contributed by atoms with Gasteiger partial charge >= 0.3 is 0 Å². The molecule has 2 aromatic rings. The molecule has 2 amide bonds. The van der Waals surface area contributed by atoms with Gasteiger partial charge in [-0.25, -0.2) is 0 Å². The summed E-state index contributed by atoms with van der Waals surface area (Å²) in [5.74, 6) is -0.118. The van der Waals surface area contributed by atoms with Crippen LogP contribution in [0.1, 0.15) is 24.0 Å². The van der Waals surface area contributed by atoms with Gasteiger partial charge in [-0.05, 0) is 54.8 Å². The highest BCUT2D eigenvalue weighted by atomic mass is 32.2. The van der Waals surface area contributed by atoms with E-state index < -0.39 is 0 Å². The summed E-state index contributed by atoms with van der Waals surface area (Å²) in [6, 6.07) is 14.3. The van der Waals surface area contributed by atoms with E-state index in [2.05, 4.69) is 5.32 Å². The van der Waals surface area contributed by atoms with Crippen molar-refractivity contribution in [2.45, 2.75) is 19.8 Å². The second-order valence-electron chi connectivity index (χ2n) is 6.45. The number of carbonyl (C=O) groups is 2. The highest BCUT2D eigenvalue weighted by Crippen LogP contribution is 2.33. The molecule has 0 aliphatic carbocycles. The number of thiocarbonyl (C=S) groups is 1. The number of phenolic OH excluding ortho intramolecular Hbond substituents is 1. The van der Waals surface area contributed by atoms with Gasteiger partial charge in [0.05, 0.1) is 4.91 Å². The number of carbonyl (C=O) groups excluding carboxylic acids is 2. The van der Waals surface area contributed by atoms with Crippen molar-refractivity contribution in [3.05, 3.63) is 64.6 Å². The van der Waals surface area contributed by atoms with Crippen LogP contribution in [-0.4, -0.2) is 32.7 Å². The molecule has 3 rings (SSSR count). The lowest BCUT2D eigenvalue weighted by Gasteiger charge is -2.14. The van der Waals surface area contributed by atoms with Gasteiger partial charge in [0.25, 0.3) is 5.91 Å². The van der Waals surface area contributed by atoms with Gasteiger partial charge < -0.3 is 10.4 Å². The number of phenols is 1. The number of benzene rings is 2. The minimum Gasteiger partial charge on any atom is -0.508 e. The predicted octanol–water partition coefficient (Wildman–Crippen LogP) is 4.32. The lowest BCUT2D eigenvalue weighted by Crippen LogP contribution is -2.29. The largest absolute Gasteiger partial charge is 0.508 e. The molecular formula is C21H20N2O3S2. The average molecular weight is 413 g/mol. The van der Waals surface area contributed by atoms with E-state index in [-0.39, 0.29) is 17.6 Å². The normalized spacial score (nSPS) is 15.3. The topological polar surface area (TPSA) is 69.6 Å². The van der Waals surface area contributed by atoms with E-state index in [0.717, 1.165) is 16.8 Å². The van der Waals surface area contributed by atoms with Gasteiger partial charge in [-0.2, -0.15) is 0 Å². The van der Waals surface area contributed by atoms with Crippen molar-refractivity contribution in [2.24, 2.45) is 0 Å². The van der Waals surface area contributed by atoms with Gasteiger partial charge in [0.1, 0.15) is 10.1 Å². The standard InChI is InChI=1S/C21H20N2O3S2/c1-14-5-2-7-16(11-14)22-19(25)9-4-10-23-20(26)18(28-21(23)27)13-15-6-3-8-17(24)12-15/h2-3,5-8,11-13,24H,4,9-10H2,1H3,(H,22,25)/b18-13-. The maximum absolute atomic E-state index is 12.6. The van der Waals surface area contributed by atoms with Crippen LogP contribution in [0.3, 0.4) is 0 Å². The monoisotopic (exact) mass is 412 g/mol. The Morgan fingerprint density at radius 1 is 1.25 bits per heavy atom. The van der Waals surface area contributed by atoms with Gasteiger partial charge in [0.15, 0.2) is 0 Å². The first-order chi connectivity index (χ1) is 13.4. The Morgan fingerprint density at radius 2 is 2.04 bits per heavy atom. The number of nitrogens with zero attached hydrogens (tertiary/aromatic N) is 1. The molecule has 2 aromatic carbocycles. The SMILES string of the molecule is Cc1cccc(NC(=O)CCCN2C(=O)/C(=C/c3cccc(O)c3)SC2=S)c1. The van der Waals surface area contributed by atoms with Crippen LogP contribution in [-0.2, 0) is 9.59 Å². The summed E-state index contributed by atoms with van der Waals surface area (Å²) < 4.78 is 0.482. The number of thioether (sulfide) groups is 1. The first kappa shape index (κ1) is 20.1. The van der Waals surface area contributed by atoms with Crippen molar-refractivity contribution in [2.75, 3.05) is 11.9 Å². The zero-order valence-electron chi connectivity index (χ0n) is 15.3. The molecule has 7 heteroatoms. The van der Waals surface area contributed by atoms with E-state index in [9.17, 15) is 14.7 Å². The summed E-state index contributed by atoms with van der Waals surface area (Å²) in [5.41, 5.74) is 2.58. The van der Waals surface area contributed by atoms with Gasteiger partial charge in [0, 0.05) is 18.7 Å². The minimum absolute atomic E-state index is 0.0913. The van der Waals surface area contributed by atoms with Gasteiger partial charge in [-0.15, -0.1) is 0 Å². The zero-order chi connectivity index (χ0) is 20.1. The number of hydrogen-bond acceptors (Lipinski definition) is 5. The second kappa shape index (κ2) is 9.03. The first-order valence-corrected chi connectivity index (χ1v) is 10.1. The van der Waals surface area contributed by atoms with Crippen LogP contribution in [0.2, 0.25) is 0 Å². The Hall–Kier alpha value is -2.64. The van der Waals surface area contributed by atoms with Crippen molar-refractivity contribution >= 4 is 51.9 Å². The van der Waals surface area contributed by atoms with Crippen LogP contribution in [0.15, 0.2) is 53.4 Å². The number of nitrogens with one attached hydrogen (secondary N) is 1. The van der Waals surface area contributed by atoms with Gasteiger partial charge in [-0.1, -0.05) is 48.2 Å². The molecular weight excluding hydrogens is 392 g/mol. The van der Waals surface area contributed by atoms with E-state index in [1.54, 1.807) is 24.3 Å². The summed E-state index contributed by atoms with van der Waals surface area (Å²) in [4.78, 5) is 26.7. The first-order valence-electron chi connectivity index (χ1n) is 8.83. The molecule has 0 spiro atoms. The fraction of sp³-hybridized carbons (Fsp3) is 0.190. The lowest BCUT2D eigenvalue weighted by molar-refractivity contribution is -0.122. The van der Waals surface area contributed by atoms with E-state index in [1.807, 2.05) is 37.3 Å². The van der Waals surface area contributed by atoms with E-state index in [4.69, 9.17) is 12.2 Å². The Labute approximate surface area is 173 Å². The van der Waals surface area contributed by atoms with Crippen LogP contribution in [0, 0.1) is 6.92 Å². The fourth-order valence-corrected chi connectivity index (χ4v) is 4.11. The summed E-state index contributed by atoms with van der Waals surface area (Å²) in [6.45, 7) is 2.36. The predicted molar refractivity (Wildman–Crippen MR) is 117 cm³/mol. The maximum Gasteiger partial charge on any atom is 0.266 e. The fourth-order valence-electron chi connectivity index (χ4n) is 2.80. The molecule has 0 saturated carbocycles. The number of aromatic hydroxyl groups is 1. The Morgan fingerprint density at radius 3 is 2.79 bits per heavy atom. The summed E-state index contributed by atoms with van der Waals surface area (Å²) in [5, 5.41) is 12.4. The summed E-state index contributed by atoms with van der Waals surface area (Å²) in [7, 11) is 0. The summed E-state index contributed by atoms with van der Waals surface area (Å²) >= 11 is 6.54. The van der Waals surface area contributed by atoms with Crippen molar-refractivity contribution in [3.63, 3.8) is 0 Å². The maximum atomic E-state index is 12.6. The highest BCUT2D eigenvalue weighted by molar-refractivity contribution is 8.26. The minimum atomic E-state index is -0.169. The molecule has 1 saturated heterocycles. The van der Waals surface area contributed by atoms with E-state index in [1.165, 1.54) is 16.7 Å². The Bertz CT molecular complexity index is 956. The van der Waals surface area contributed by atoms with Crippen molar-refractivity contribution in [1.82, 2.24) is 4.90 Å². The van der Waals surface area contributed by atoms with Gasteiger partial charge in [0.2, 0.25) is 5.91 Å². The summed E-state index contributed by atoms with van der Waals surface area (Å²) in [6.07, 6.45) is 2.53. The number of rotatable bonds is 6. The molecule has 28 heavy (non-hydrogen) atoms. The van der Waals surface area contributed by atoms with E-state index >= 15 is 0 Å². The van der Waals surface area contributed by atoms with Crippen LogP contribution < -0.4 is 5.32 Å². The molecule has 5 nitrogen and oxygen atoms in total. The number of anilines is 1. The van der Waals surface area contributed by atoms with Crippen LogP contribution in [0.4, 0.5) is 5.69 Å².